The highest BCUT2D eigenvalue weighted by Gasteiger charge is 2.31. The summed E-state index contributed by atoms with van der Waals surface area (Å²) in [6, 6.07) is -0.344. The van der Waals surface area contributed by atoms with E-state index in [4.69, 9.17) is 0 Å². The molecule has 1 N–H and O–H groups in total. The first kappa shape index (κ1) is 12.4. The number of carbonyl (C=O) groups excluding carboxylic acids is 1. The van der Waals surface area contributed by atoms with Gasteiger partial charge in [-0.3, -0.25) is 9.69 Å². The topological polar surface area (TPSA) is 47.0 Å². The third kappa shape index (κ3) is 3.15. The van der Waals surface area contributed by atoms with Crippen molar-refractivity contribution in [2.24, 2.45) is 0 Å². The molecule has 1 atom stereocenters. The number of piperazine rings is 1. The van der Waals surface area contributed by atoms with E-state index < -0.39 is 0 Å². The zero-order valence-electron chi connectivity index (χ0n) is 9.81. The molecule has 1 fully saturated rings. The normalized spacial score (nSPS) is 23.9. The number of carbonyl (C=O) groups is 1. The molecule has 0 aromatic carbocycles. The minimum absolute atomic E-state index is 0.0301. The molecule has 88 valence electrons. The number of rotatable bonds is 4. The highest BCUT2D eigenvalue weighted by atomic mass is 16.3. The zero-order valence-corrected chi connectivity index (χ0v) is 9.81. The molecule has 0 aromatic heterocycles. The molecule has 1 saturated heterocycles. The van der Waals surface area contributed by atoms with Crippen LogP contribution in [0.15, 0.2) is 0 Å². The second-order valence-corrected chi connectivity index (χ2v) is 4.30. The van der Waals surface area contributed by atoms with Crippen molar-refractivity contribution in [2.45, 2.75) is 6.04 Å². The molecular formula is C10H21N3O2. The summed E-state index contributed by atoms with van der Waals surface area (Å²) in [6.07, 6.45) is 0. The van der Waals surface area contributed by atoms with Crippen molar-refractivity contribution in [3.63, 3.8) is 0 Å². The van der Waals surface area contributed by atoms with Gasteiger partial charge in [-0.2, -0.15) is 0 Å². The van der Waals surface area contributed by atoms with Gasteiger partial charge in [0.25, 0.3) is 0 Å². The highest BCUT2D eigenvalue weighted by Crippen LogP contribution is 2.09. The van der Waals surface area contributed by atoms with Gasteiger partial charge >= 0.3 is 0 Å². The Kier molecular flexibility index (Phi) is 4.50. The minimum atomic E-state index is -0.344. The second-order valence-electron chi connectivity index (χ2n) is 4.30. The van der Waals surface area contributed by atoms with Crippen LogP contribution < -0.4 is 0 Å². The molecule has 0 radical (unpaired) electrons. The van der Waals surface area contributed by atoms with Crippen molar-refractivity contribution >= 4 is 5.91 Å². The fourth-order valence-electron chi connectivity index (χ4n) is 1.74. The minimum Gasteiger partial charge on any atom is -0.394 e. The number of aliphatic hydroxyl groups is 1. The van der Waals surface area contributed by atoms with Gasteiger partial charge in [-0.15, -0.1) is 0 Å². The van der Waals surface area contributed by atoms with Gasteiger partial charge in [-0.05, 0) is 14.1 Å². The number of hydrogen-bond acceptors (Lipinski definition) is 4. The van der Waals surface area contributed by atoms with E-state index in [0.29, 0.717) is 0 Å². The third-order valence-corrected chi connectivity index (χ3v) is 2.83. The molecule has 0 aromatic rings. The van der Waals surface area contributed by atoms with E-state index >= 15 is 0 Å². The van der Waals surface area contributed by atoms with Crippen LogP contribution in [0.2, 0.25) is 0 Å². The molecule has 1 rings (SSSR count). The van der Waals surface area contributed by atoms with Crippen LogP contribution in [0.4, 0.5) is 0 Å². The predicted octanol–water partition coefficient (Wildman–Crippen LogP) is -1.32. The molecular weight excluding hydrogens is 194 g/mol. The van der Waals surface area contributed by atoms with Gasteiger partial charge in [0, 0.05) is 33.2 Å². The molecule has 0 aliphatic carbocycles. The van der Waals surface area contributed by atoms with Gasteiger partial charge in [-0.1, -0.05) is 0 Å². The lowest BCUT2D eigenvalue weighted by atomic mass is 10.1. The third-order valence-electron chi connectivity index (χ3n) is 2.83. The van der Waals surface area contributed by atoms with Gasteiger partial charge in [0.15, 0.2) is 0 Å². The van der Waals surface area contributed by atoms with Crippen molar-refractivity contribution in [3.05, 3.63) is 0 Å². The Bertz CT molecular complexity index is 221. The summed E-state index contributed by atoms with van der Waals surface area (Å²) in [5, 5.41) is 9.21. The Labute approximate surface area is 91.3 Å². The maximum Gasteiger partial charge on any atom is 0.242 e. The summed E-state index contributed by atoms with van der Waals surface area (Å²) in [4.78, 5) is 17.5. The lowest BCUT2D eigenvalue weighted by Crippen LogP contribution is -2.58. The molecule has 0 spiro atoms. The average molecular weight is 215 g/mol. The lowest BCUT2D eigenvalue weighted by molar-refractivity contribution is -0.142. The monoisotopic (exact) mass is 215 g/mol. The van der Waals surface area contributed by atoms with E-state index in [2.05, 4.69) is 9.80 Å². The Morgan fingerprint density at radius 1 is 1.47 bits per heavy atom. The van der Waals surface area contributed by atoms with Crippen LogP contribution in [0.5, 0.6) is 0 Å². The van der Waals surface area contributed by atoms with Gasteiger partial charge in [-0.25, -0.2) is 0 Å². The number of amides is 1. The van der Waals surface area contributed by atoms with Gasteiger partial charge in [0.1, 0.15) is 6.04 Å². The van der Waals surface area contributed by atoms with Crippen LogP contribution in [0.25, 0.3) is 0 Å². The van der Waals surface area contributed by atoms with Crippen molar-refractivity contribution in [2.75, 3.05) is 53.9 Å². The van der Waals surface area contributed by atoms with Crippen molar-refractivity contribution in [1.82, 2.24) is 14.7 Å². The van der Waals surface area contributed by atoms with Crippen LogP contribution in [0, 0.1) is 0 Å². The van der Waals surface area contributed by atoms with Crippen molar-refractivity contribution in [3.8, 4) is 0 Å². The summed E-state index contributed by atoms with van der Waals surface area (Å²) in [5.41, 5.74) is 0. The second kappa shape index (κ2) is 5.44. The summed E-state index contributed by atoms with van der Waals surface area (Å²) in [5.74, 6) is 0.0301. The van der Waals surface area contributed by atoms with Crippen LogP contribution in [0.3, 0.4) is 0 Å². The molecule has 1 unspecified atom stereocenters. The van der Waals surface area contributed by atoms with Crippen molar-refractivity contribution < 1.29 is 9.90 Å². The number of nitrogens with zero attached hydrogens (tertiary/aromatic N) is 3. The van der Waals surface area contributed by atoms with E-state index in [1.165, 1.54) is 0 Å². The van der Waals surface area contributed by atoms with Gasteiger partial charge in [0.05, 0.1) is 6.61 Å². The van der Waals surface area contributed by atoms with Crippen LogP contribution in [-0.4, -0.2) is 85.7 Å². The molecule has 1 aliphatic rings. The Hall–Kier alpha value is -0.650. The molecule has 5 nitrogen and oxygen atoms in total. The largest absolute Gasteiger partial charge is 0.394 e. The molecule has 0 saturated carbocycles. The summed E-state index contributed by atoms with van der Waals surface area (Å²) in [7, 11) is 5.80. The fourth-order valence-corrected chi connectivity index (χ4v) is 1.74. The lowest BCUT2D eigenvalue weighted by Gasteiger charge is -2.38. The predicted molar refractivity (Wildman–Crippen MR) is 58.6 cm³/mol. The van der Waals surface area contributed by atoms with E-state index in [0.717, 1.165) is 26.2 Å². The molecule has 0 bridgehead atoms. The van der Waals surface area contributed by atoms with E-state index in [-0.39, 0.29) is 18.6 Å². The van der Waals surface area contributed by atoms with Crippen LogP contribution in [-0.2, 0) is 4.79 Å². The number of hydrogen-bond donors (Lipinski definition) is 1. The molecule has 5 heteroatoms. The quantitative estimate of drug-likeness (QED) is 0.632. The average Bonchev–Trinajstić information content (AvgIpc) is 2.19. The van der Waals surface area contributed by atoms with E-state index in [9.17, 15) is 9.90 Å². The summed E-state index contributed by atoms with van der Waals surface area (Å²) >= 11 is 0. The number of likely N-dealkylation sites (N-methyl/N-ethyl adjacent to an activating group) is 2. The standard InChI is InChI=1S/C10H21N3O2/c1-11(2)4-6-13-7-5-12(3)10(15)9(13)8-14/h9,14H,4-8H2,1-3H3. The van der Waals surface area contributed by atoms with E-state index in [1.54, 1.807) is 11.9 Å². The maximum atomic E-state index is 11.7. The van der Waals surface area contributed by atoms with Crippen LogP contribution in [0.1, 0.15) is 0 Å². The summed E-state index contributed by atoms with van der Waals surface area (Å²) < 4.78 is 0. The SMILES string of the molecule is CN(C)CCN1CCN(C)C(=O)C1CO. The molecule has 1 heterocycles. The smallest absolute Gasteiger partial charge is 0.242 e. The Morgan fingerprint density at radius 2 is 2.13 bits per heavy atom. The Balaban J connectivity index is 2.52. The maximum absolute atomic E-state index is 11.7. The molecule has 1 aliphatic heterocycles. The molecule has 15 heavy (non-hydrogen) atoms. The van der Waals surface area contributed by atoms with Crippen LogP contribution >= 0.6 is 0 Å². The first-order chi connectivity index (χ1) is 7.06. The highest BCUT2D eigenvalue weighted by molar-refractivity contribution is 5.82. The zero-order chi connectivity index (χ0) is 11.4. The van der Waals surface area contributed by atoms with Gasteiger partial charge < -0.3 is 14.9 Å². The molecule has 1 amide bonds. The first-order valence-corrected chi connectivity index (χ1v) is 5.31. The summed E-state index contributed by atoms with van der Waals surface area (Å²) in [6.45, 7) is 3.26. The first-order valence-electron chi connectivity index (χ1n) is 5.31. The van der Waals surface area contributed by atoms with Gasteiger partial charge in [0.2, 0.25) is 5.91 Å². The Morgan fingerprint density at radius 3 is 2.67 bits per heavy atom. The fraction of sp³-hybridized carbons (Fsp3) is 0.900. The number of aliphatic hydroxyl groups excluding tert-OH is 1. The van der Waals surface area contributed by atoms with E-state index in [1.807, 2.05) is 14.1 Å². The van der Waals surface area contributed by atoms with Crippen molar-refractivity contribution in [1.29, 1.82) is 0 Å².